The van der Waals surface area contributed by atoms with Gasteiger partial charge in [-0.2, -0.15) is 0 Å². The third kappa shape index (κ3) is 9.12. The second-order valence-corrected chi connectivity index (χ2v) is 21.4. The summed E-state index contributed by atoms with van der Waals surface area (Å²) < 4.78 is 67.3. The third-order valence-electron chi connectivity index (χ3n) is 18.0. The first-order valence-corrected chi connectivity index (χ1v) is 24.6. The van der Waals surface area contributed by atoms with E-state index in [4.69, 9.17) is 52.1 Å². The zero-order chi connectivity index (χ0) is 47.6. The zero-order valence-corrected chi connectivity index (χ0v) is 40.2. The summed E-state index contributed by atoms with van der Waals surface area (Å²) in [5.41, 5.74) is -1.38. The normalized spacial score (nSPS) is 54.6. The lowest BCUT2D eigenvalue weighted by Gasteiger charge is -2.60. The Kier molecular flexibility index (Phi) is 15.8. The van der Waals surface area contributed by atoms with Gasteiger partial charge in [-0.3, -0.25) is 0 Å². The molecule has 7 fully saturated rings. The van der Waals surface area contributed by atoms with Gasteiger partial charge in [0.25, 0.3) is 0 Å². The average Bonchev–Trinajstić information content (AvgIpc) is 3.58. The van der Waals surface area contributed by atoms with Crippen LogP contribution in [0.25, 0.3) is 0 Å². The van der Waals surface area contributed by atoms with E-state index in [0.717, 1.165) is 38.5 Å². The average molecular weight is 945 g/mol. The fourth-order valence-corrected chi connectivity index (χ4v) is 13.9. The molecule has 0 radical (unpaired) electrons. The van der Waals surface area contributed by atoms with Gasteiger partial charge in [-0.25, -0.2) is 0 Å². The Hall–Kier alpha value is -0.980. The van der Waals surface area contributed by atoms with E-state index in [2.05, 4.69) is 26.0 Å². The molecule has 4 saturated heterocycles. The highest BCUT2D eigenvalue weighted by Crippen LogP contribution is 2.67. The van der Waals surface area contributed by atoms with Crippen molar-refractivity contribution in [3.05, 3.63) is 12.2 Å². The highest BCUT2D eigenvalue weighted by molar-refractivity contribution is 5.21. The van der Waals surface area contributed by atoms with E-state index in [9.17, 15) is 35.7 Å². The molecule has 380 valence electrons. The van der Waals surface area contributed by atoms with Crippen LogP contribution < -0.4 is 0 Å². The Morgan fingerprint density at radius 1 is 0.621 bits per heavy atom. The van der Waals surface area contributed by atoms with Gasteiger partial charge >= 0.3 is 0 Å². The number of allylic oxidation sites excluding steroid dienone is 2. The molecule has 4 aliphatic carbocycles. The number of rotatable bonds is 13. The number of hydrogen-bond donors (Lipinski definition) is 7. The summed E-state index contributed by atoms with van der Waals surface area (Å²) >= 11 is 0. The van der Waals surface area contributed by atoms with Crippen LogP contribution in [0, 0.1) is 34.5 Å². The third-order valence-corrected chi connectivity index (χ3v) is 18.0. The molecular formula is C48H80O18. The number of ether oxygens (including phenoxy) is 11. The molecule has 0 bridgehead atoms. The van der Waals surface area contributed by atoms with Crippen LogP contribution in [0.1, 0.15) is 99.3 Å². The maximum atomic E-state index is 12.8. The predicted octanol–water partition coefficient (Wildman–Crippen LogP) is 1.68. The van der Waals surface area contributed by atoms with Crippen molar-refractivity contribution in [2.24, 2.45) is 34.5 Å². The van der Waals surface area contributed by atoms with E-state index >= 15 is 0 Å². The summed E-state index contributed by atoms with van der Waals surface area (Å²) in [5, 5.41) is 75.0. The van der Waals surface area contributed by atoms with E-state index in [1.165, 1.54) is 14.2 Å². The topological polar surface area (TPSA) is 243 Å². The minimum atomic E-state index is -1.58. The Morgan fingerprint density at radius 2 is 1.26 bits per heavy atom. The SMILES string of the molecule is CO[C@H]1[C@@H](O)[C@@H](C)O[C@@H](O[C@H]2CC[C@@]3(C)[C@@H](C=C[C@@H]4[C@@H]3CC[C@@]3(C)[C@H]4CC[C@]3(O)[C@H](C)O[C@H]3C[C@@H](OC)[C@H](O[C@H]4C[C@@H](OC)[C@H](O[C@@H]5O[C@H](CO)[C@@H](O)[C@H](O)[C@H]5O)[C@@H](C)O4)[C@@H](C)O3)C2)[C@@H]1O. The minimum Gasteiger partial charge on any atom is -0.394 e. The lowest BCUT2D eigenvalue weighted by molar-refractivity contribution is -0.354. The molecule has 0 spiro atoms. The van der Waals surface area contributed by atoms with Gasteiger partial charge in [0.2, 0.25) is 0 Å². The molecule has 8 aliphatic rings. The molecule has 66 heavy (non-hydrogen) atoms. The number of fused-ring (bicyclic) bond motifs is 5. The predicted molar refractivity (Wildman–Crippen MR) is 232 cm³/mol. The van der Waals surface area contributed by atoms with E-state index in [1.54, 1.807) is 21.0 Å². The van der Waals surface area contributed by atoms with Crippen molar-refractivity contribution >= 4 is 0 Å². The largest absolute Gasteiger partial charge is 0.394 e. The van der Waals surface area contributed by atoms with E-state index in [-0.39, 0.29) is 29.3 Å². The van der Waals surface area contributed by atoms with Gasteiger partial charge in [0.1, 0.15) is 54.9 Å². The van der Waals surface area contributed by atoms with Crippen LogP contribution in [-0.2, 0) is 52.1 Å². The molecule has 0 aromatic rings. The fourth-order valence-electron chi connectivity index (χ4n) is 13.9. The molecule has 0 unspecified atom stereocenters. The molecule has 3 saturated carbocycles. The lowest BCUT2D eigenvalue weighted by Crippen LogP contribution is -2.62. The smallest absolute Gasteiger partial charge is 0.187 e. The minimum absolute atomic E-state index is 0.0720. The molecule has 0 amide bonds. The van der Waals surface area contributed by atoms with Gasteiger partial charge in [-0.15, -0.1) is 0 Å². The first kappa shape index (κ1) is 51.4. The Labute approximate surface area is 389 Å². The van der Waals surface area contributed by atoms with Crippen molar-refractivity contribution in [1.29, 1.82) is 0 Å². The maximum absolute atomic E-state index is 12.8. The summed E-state index contributed by atoms with van der Waals surface area (Å²) in [4.78, 5) is 0. The van der Waals surface area contributed by atoms with Crippen LogP contribution in [0.4, 0.5) is 0 Å². The number of aliphatic hydroxyl groups is 7. The molecule has 0 aromatic heterocycles. The van der Waals surface area contributed by atoms with Gasteiger partial charge in [0, 0.05) is 39.6 Å². The van der Waals surface area contributed by atoms with Crippen LogP contribution in [-0.4, -0.2) is 192 Å². The highest BCUT2D eigenvalue weighted by atomic mass is 16.8. The second kappa shape index (κ2) is 20.3. The van der Waals surface area contributed by atoms with Crippen molar-refractivity contribution in [3.8, 4) is 0 Å². The molecule has 8 rings (SSSR count). The van der Waals surface area contributed by atoms with Gasteiger partial charge in [-0.05, 0) is 102 Å². The maximum Gasteiger partial charge on any atom is 0.187 e. The van der Waals surface area contributed by atoms with Gasteiger partial charge in [0.05, 0.1) is 54.9 Å². The molecule has 27 atom stereocenters. The second-order valence-electron chi connectivity index (χ2n) is 21.4. The van der Waals surface area contributed by atoms with Crippen LogP contribution in [0.15, 0.2) is 12.2 Å². The van der Waals surface area contributed by atoms with Crippen LogP contribution in [0.5, 0.6) is 0 Å². The molecule has 7 N–H and O–H groups in total. The van der Waals surface area contributed by atoms with E-state index in [0.29, 0.717) is 30.6 Å². The first-order valence-electron chi connectivity index (χ1n) is 24.6. The van der Waals surface area contributed by atoms with Gasteiger partial charge < -0.3 is 87.9 Å². The van der Waals surface area contributed by atoms with Crippen molar-refractivity contribution in [3.63, 3.8) is 0 Å². The van der Waals surface area contributed by atoms with Crippen LogP contribution >= 0.6 is 0 Å². The summed E-state index contributed by atoms with van der Waals surface area (Å²) in [6.45, 7) is 11.6. The van der Waals surface area contributed by atoms with Crippen molar-refractivity contribution in [1.82, 2.24) is 0 Å². The highest BCUT2D eigenvalue weighted by Gasteiger charge is 2.66. The van der Waals surface area contributed by atoms with Gasteiger partial charge in [-0.1, -0.05) is 26.0 Å². The van der Waals surface area contributed by atoms with Crippen LogP contribution in [0.2, 0.25) is 0 Å². The molecule has 4 aliphatic heterocycles. The molecule has 4 heterocycles. The monoisotopic (exact) mass is 945 g/mol. The lowest BCUT2D eigenvalue weighted by atomic mass is 9.46. The van der Waals surface area contributed by atoms with Crippen molar-refractivity contribution in [2.45, 2.75) is 228 Å². The zero-order valence-electron chi connectivity index (χ0n) is 40.2. The Balaban J connectivity index is 0.861. The Morgan fingerprint density at radius 3 is 1.92 bits per heavy atom. The summed E-state index contributed by atoms with van der Waals surface area (Å²) in [6.07, 6.45) is -5.16. The van der Waals surface area contributed by atoms with Crippen molar-refractivity contribution < 1.29 is 87.9 Å². The van der Waals surface area contributed by atoms with Gasteiger partial charge in [0.15, 0.2) is 25.2 Å². The molecule has 18 heteroatoms. The van der Waals surface area contributed by atoms with Crippen LogP contribution in [0.3, 0.4) is 0 Å². The number of methoxy groups -OCH3 is 3. The fraction of sp³-hybridized carbons (Fsp3) is 0.958. The van der Waals surface area contributed by atoms with E-state index < -0.39 is 129 Å². The first-order chi connectivity index (χ1) is 31.3. The summed E-state index contributed by atoms with van der Waals surface area (Å²) in [7, 11) is 4.64. The Bertz CT molecular complexity index is 1640. The van der Waals surface area contributed by atoms with E-state index in [1.807, 2.05) is 13.8 Å². The quantitative estimate of drug-likeness (QED) is 0.130. The molecular weight excluding hydrogens is 865 g/mol. The summed E-state index contributed by atoms with van der Waals surface area (Å²) in [6, 6.07) is 0. The number of aliphatic hydroxyl groups excluding tert-OH is 6. The summed E-state index contributed by atoms with van der Waals surface area (Å²) in [5.74, 6) is 1.39. The standard InChI is InChI=1S/C48H80O18/c1-22-36(50)43(58-9)40(54)45(61-22)63-27-12-15-46(5)26(18-27)10-11-28-29(46)13-16-47(6)30(28)14-17-48(47,55)25(4)62-34-19-31(56-7)41(23(2)59-34)65-35-20-32(57-8)42(24(3)60-35)66-44-39(53)38(52)37(51)33(21-49)64-44/h10-11,22-45,49-55H,12-21H2,1-9H3/t22-,23-,24-,25+,26+,27+,28-,29+,30+,31-,32-,33-,34+,35+,36+,37-,38+,39-,40-,41-,42-,43+,44+,45+,46+,47+,48+/m1/s1. The molecule has 0 aromatic carbocycles. The molecule has 18 nitrogen and oxygen atoms in total. The number of hydrogen-bond acceptors (Lipinski definition) is 18. The van der Waals surface area contributed by atoms with Crippen molar-refractivity contribution in [2.75, 3.05) is 27.9 Å².